The Morgan fingerprint density at radius 3 is 3.00 bits per heavy atom. The molecule has 1 aromatic rings. The first-order valence-corrected chi connectivity index (χ1v) is 6.64. The van der Waals surface area contributed by atoms with Crippen LogP contribution in [0.1, 0.15) is 18.9 Å². The van der Waals surface area contributed by atoms with Crippen molar-refractivity contribution in [3.05, 3.63) is 34.3 Å². The number of rotatable bonds is 4. The molecule has 1 N–H and O–H groups in total. The Morgan fingerprint density at radius 1 is 1.56 bits per heavy atom. The van der Waals surface area contributed by atoms with Crippen molar-refractivity contribution in [3.8, 4) is 0 Å². The zero-order chi connectivity index (χ0) is 13.2. The molecule has 5 heteroatoms. The Hall–Kier alpha value is -1.07. The van der Waals surface area contributed by atoms with Crippen LogP contribution in [0.2, 0.25) is 0 Å². The van der Waals surface area contributed by atoms with E-state index in [1.807, 2.05) is 31.2 Å². The molecule has 1 aliphatic heterocycles. The maximum Gasteiger partial charge on any atom is 0.410 e. The van der Waals surface area contributed by atoms with Gasteiger partial charge in [0.15, 0.2) is 0 Å². The zero-order valence-corrected chi connectivity index (χ0v) is 11.8. The van der Waals surface area contributed by atoms with Crippen LogP contribution in [0.4, 0.5) is 4.79 Å². The minimum Gasteiger partial charge on any atom is -0.447 e. The quantitative estimate of drug-likeness (QED) is 0.929. The van der Waals surface area contributed by atoms with Crippen LogP contribution in [0.15, 0.2) is 28.7 Å². The standard InChI is InChI=1S/C13H16BrNO3/c1-13(5-6-16)9-18-12(17)15(13)8-10-3-2-4-11(14)7-10/h2-4,7,16H,5-6,8-9H2,1H3. The average Bonchev–Trinajstić information content (AvgIpc) is 2.58. The number of cyclic esters (lactones) is 1. The summed E-state index contributed by atoms with van der Waals surface area (Å²) < 4.78 is 6.08. The molecule has 0 bridgehead atoms. The van der Waals surface area contributed by atoms with Crippen LogP contribution in [0.25, 0.3) is 0 Å². The molecular weight excluding hydrogens is 298 g/mol. The van der Waals surface area contributed by atoms with Crippen LogP contribution in [0, 0.1) is 0 Å². The van der Waals surface area contributed by atoms with Gasteiger partial charge in [-0.25, -0.2) is 4.79 Å². The lowest BCUT2D eigenvalue weighted by molar-refractivity contribution is 0.131. The summed E-state index contributed by atoms with van der Waals surface area (Å²) in [7, 11) is 0. The summed E-state index contributed by atoms with van der Waals surface area (Å²) in [4.78, 5) is 13.4. The van der Waals surface area contributed by atoms with Crippen LogP contribution >= 0.6 is 15.9 Å². The van der Waals surface area contributed by atoms with Crippen molar-refractivity contribution in [1.82, 2.24) is 4.90 Å². The fourth-order valence-corrected chi connectivity index (χ4v) is 2.56. The van der Waals surface area contributed by atoms with E-state index in [0.717, 1.165) is 10.0 Å². The number of hydrogen-bond donors (Lipinski definition) is 1. The highest BCUT2D eigenvalue weighted by atomic mass is 79.9. The molecule has 18 heavy (non-hydrogen) atoms. The lowest BCUT2D eigenvalue weighted by Crippen LogP contribution is -2.44. The highest BCUT2D eigenvalue weighted by molar-refractivity contribution is 9.10. The summed E-state index contributed by atoms with van der Waals surface area (Å²) in [6.07, 6.45) is 0.207. The van der Waals surface area contributed by atoms with Crippen molar-refractivity contribution in [2.24, 2.45) is 0 Å². The SMILES string of the molecule is CC1(CCO)COC(=O)N1Cc1cccc(Br)c1. The second-order valence-corrected chi connectivity index (χ2v) is 5.66. The van der Waals surface area contributed by atoms with Crippen LogP contribution in [0.3, 0.4) is 0 Å². The molecule has 1 amide bonds. The van der Waals surface area contributed by atoms with Gasteiger partial charge >= 0.3 is 6.09 Å². The summed E-state index contributed by atoms with van der Waals surface area (Å²) in [6, 6.07) is 7.82. The number of ether oxygens (including phenoxy) is 1. The van der Waals surface area contributed by atoms with Gasteiger partial charge in [-0.15, -0.1) is 0 Å². The lowest BCUT2D eigenvalue weighted by atomic mass is 9.97. The molecule has 1 heterocycles. The first-order chi connectivity index (χ1) is 8.55. The van der Waals surface area contributed by atoms with Gasteiger partial charge < -0.3 is 9.84 Å². The van der Waals surface area contributed by atoms with E-state index in [1.54, 1.807) is 4.90 Å². The third-order valence-corrected chi connectivity index (χ3v) is 3.75. The Kier molecular flexibility index (Phi) is 3.92. The van der Waals surface area contributed by atoms with Gasteiger partial charge in [0, 0.05) is 17.6 Å². The predicted molar refractivity (Wildman–Crippen MR) is 71.1 cm³/mol. The van der Waals surface area contributed by atoms with Crippen molar-refractivity contribution >= 4 is 22.0 Å². The second kappa shape index (κ2) is 5.28. The van der Waals surface area contributed by atoms with Gasteiger partial charge in [0.2, 0.25) is 0 Å². The number of carbonyl (C=O) groups is 1. The Labute approximate surface area is 115 Å². The molecule has 1 unspecified atom stereocenters. The molecular formula is C13H16BrNO3. The van der Waals surface area contributed by atoms with E-state index in [4.69, 9.17) is 9.84 Å². The van der Waals surface area contributed by atoms with Crippen molar-refractivity contribution in [2.75, 3.05) is 13.2 Å². The average molecular weight is 314 g/mol. The van der Waals surface area contributed by atoms with Crippen LogP contribution in [-0.2, 0) is 11.3 Å². The molecule has 0 saturated carbocycles. The van der Waals surface area contributed by atoms with Gasteiger partial charge in [-0.05, 0) is 31.0 Å². The normalized spacial score (nSPS) is 23.3. The molecule has 1 aromatic carbocycles. The molecule has 2 rings (SSSR count). The van der Waals surface area contributed by atoms with Gasteiger partial charge in [0.05, 0.1) is 5.54 Å². The van der Waals surface area contributed by atoms with E-state index in [0.29, 0.717) is 19.6 Å². The molecule has 0 radical (unpaired) electrons. The van der Waals surface area contributed by atoms with E-state index >= 15 is 0 Å². The number of nitrogens with zero attached hydrogens (tertiary/aromatic N) is 1. The highest BCUT2D eigenvalue weighted by Gasteiger charge is 2.42. The molecule has 4 nitrogen and oxygen atoms in total. The number of aliphatic hydroxyl groups excluding tert-OH is 1. The summed E-state index contributed by atoms with van der Waals surface area (Å²) in [5.41, 5.74) is 0.612. The van der Waals surface area contributed by atoms with Crippen LogP contribution in [-0.4, -0.2) is 34.9 Å². The minimum atomic E-state index is -0.422. The summed E-state index contributed by atoms with van der Waals surface area (Å²) >= 11 is 3.41. The fraction of sp³-hybridized carbons (Fsp3) is 0.462. The second-order valence-electron chi connectivity index (χ2n) is 4.74. The lowest BCUT2D eigenvalue weighted by Gasteiger charge is -2.31. The van der Waals surface area contributed by atoms with E-state index in [-0.39, 0.29) is 12.7 Å². The van der Waals surface area contributed by atoms with E-state index in [2.05, 4.69) is 15.9 Å². The monoisotopic (exact) mass is 313 g/mol. The largest absolute Gasteiger partial charge is 0.447 e. The number of hydrogen-bond acceptors (Lipinski definition) is 3. The maximum absolute atomic E-state index is 11.8. The van der Waals surface area contributed by atoms with Crippen LogP contribution in [0.5, 0.6) is 0 Å². The first kappa shape index (κ1) is 13.4. The van der Waals surface area contributed by atoms with Gasteiger partial charge in [0.25, 0.3) is 0 Å². The zero-order valence-electron chi connectivity index (χ0n) is 10.2. The fourth-order valence-electron chi connectivity index (χ4n) is 2.11. The van der Waals surface area contributed by atoms with Crippen molar-refractivity contribution < 1.29 is 14.6 Å². The molecule has 1 fully saturated rings. The Balaban J connectivity index is 2.17. The van der Waals surface area contributed by atoms with Gasteiger partial charge in [-0.2, -0.15) is 0 Å². The van der Waals surface area contributed by atoms with Gasteiger partial charge in [-0.1, -0.05) is 28.1 Å². The van der Waals surface area contributed by atoms with Crippen molar-refractivity contribution in [2.45, 2.75) is 25.4 Å². The van der Waals surface area contributed by atoms with Crippen molar-refractivity contribution in [3.63, 3.8) is 0 Å². The van der Waals surface area contributed by atoms with Gasteiger partial charge in [0.1, 0.15) is 6.61 Å². The topological polar surface area (TPSA) is 49.8 Å². The van der Waals surface area contributed by atoms with E-state index < -0.39 is 5.54 Å². The van der Waals surface area contributed by atoms with Gasteiger partial charge in [-0.3, -0.25) is 4.90 Å². The summed E-state index contributed by atoms with van der Waals surface area (Å²) in [5, 5.41) is 9.11. The number of carbonyl (C=O) groups excluding carboxylic acids is 1. The Bertz CT molecular complexity index is 452. The van der Waals surface area contributed by atoms with Crippen molar-refractivity contribution in [1.29, 1.82) is 0 Å². The van der Waals surface area contributed by atoms with Crippen LogP contribution < -0.4 is 0 Å². The van der Waals surface area contributed by atoms with E-state index in [1.165, 1.54) is 0 Å². The predicted octanol–water partition coefficient (Wildman–Crippen LogP) is 2.54. The molecule has 1 atom stereocenters. The number of benzene rings is 1. The smallest absolute Gasteiger partial charge is 0.410 e. The molecule has 1 aliphatic rings. The molecule has 98 valence electrons. The number of halogens is 1. The molecule has 0 aromatic heterocycles. The third-order valence-electron chi connectivity index (χ3n) is 3.26. The molecule has 1 saturated heterocycles. The number of aliphatic hydroxyl groups is 1. The first-order valence-electron chi connectivity index (χ1n) is 5.85. The third kappa shape index (κ3) is 2.67. The molecule has 0 aliphatic carbocycles. The summed E-state index contributed by atoms with van der Waals surface area (Å²) in [5.74, 6) is 0. The summed E-state index contributed by atoms with van der Waals surface area (Å²) in [6.45, 7) is 2.81. The molecule has 0 spiro atoms. The minimum absolute atomic E-state index is 0.0438. The number of amides is 1. The Morgan fingerprint density at radius 2 is 2.33 bits per heavy atom. The maximum atomic E-state index is 11.8. The highest BCUT2D eigenvalue weighted by Crippen LogP contribution is 2.29. The van der Waals surface area contributed by atoms with E-state index in [9.17, 15) is 4.79 Å².